The molecule has 7 nitrogen and oxygen atoms in total. The topological polar surface area (TPSA) is 91.3 Å². The van der Waals surface area contributed by atoms with E-state index in [-0.39, 0.29) is 47.4 Å². The number of nitroso groups, excluding NO2 is 1. The highest BCUT2D eigenvalue weighted by atomic mass is 16.7. The Morgan fingerprint density at radius 3 is 2.53 bits per heavy atom. The summed E-state index contributed by atoms with van der Waals surface area (Å²) in [6.45, 7) is 12.3. The van der Waals surface area contributed by atoms with E-state index in [1.165, 1.54) is 0 Å². The summed E-state index contributed by atoms with van der Waals surface area (Å²) in [7, 11) is 0. The van der Waals surface area contributed by atoms with Gasteiger partial charge in [0.05, 0.1) is 17.9 Å². The quantitative estimate of drug-likeness (QED) is 0.305. The minimum atomic E-state index is -1.61. The molecule has 196 valence electrons. The molecule has 0 amide bonds. The van der Waals surface area contributed by atoms with Gasteiger partial charge in [0.1, 0.15) is 6.10 Å². The van der Waals surface area contributed by atoms with E-state index in [1.54, 1.807) is 0 Å². The molecule has 36 heavy (non-hydrogen) atoms. The van der Waals surface area contributed by atoms with Crippen molar-refractivity contribution in [2.24, 2.45) is 45.6 Å². The molecule has 0 aromatic carbocycles. The van der Waals surface area contributed by atoms with Gasteiger partial charge in [-0.1, -0.05) is 50.9 Å². The van der Waals surface area contributed by atoms with Crippen molar-refractivity contribution in [2.75, 3.05) is 6.61 Å². The van der Waals surface area contributed by atoms with Gasteiger partial charge < -0.3 is 14.2 Å². The first-order valence-electron chi connectivity index (χ1n) is 13.7. The second-order valence-electron chi connectivity index (χ2n) is 13.4. The highest BCUT2D eigenvalue weighted by molar-refractivity contribution is 5.96. The maximum Gasteiger partial charge on any atom is 0.309 e. The van der Waals surface area contributed by atoms with Crippen molar-refractivity contribution in [3.8, 4) is 0 Å². The molecule has 0 aromatic rings. The van der Waals surface area contributed by atoms with Gasteiger partial charge in [0, 0.05) is 5.92 Å². The Morgan fingerprint density at radius 1 is 1.17 bits per heavy atom. The zero-order valence-corrected chi connectivity index (χ0v) is 22.3. The molecule has 6 rings (SSSR count). The fourth-order valence-electron chi connectivity index (χ4n) is 8.84. The van der Waals surface area contributed by atoms with Gasteiger partial charge in [0.15, 0.2) is 23.2 Å². The summed E-state index contributed by atoms with van der Waals surface area (Å²) in [5, 5.41) is 3.87. The summed E-state index contributed by atoms with van der Waals surface area (Å²) in [6.07, 6.45) is 6.62. The predicted octanol–water partition coefficient (Wildman–Crippen LogP) is 5.13. The van der Waals surface area contributed by atoms with E-state index >= 15 is 0 Å². The van der Waals surface area contributed by atoms with Crippen molar-refractivity contribution in [1.29, 1.82) is 0 Å². The Labute approximate surface area is 213 Å². The fourth-order valence-corrected chi connectivity index (χ4v) is 8.84. The van der Waals surface area contributed by atoms with Crippen LogP contribution in [0.25, 0.3) is 0 Å². The third-order valence-corrected chi connectivity index (χ3v) is 10.7. The molecule has 0 radical (unpaired) electrons. The van der Waals surface area contributed by atoms with Gasteiger partial charge in [0.25, 0.3) is 0 Å². The molecule has 8 atom stereocenters. The summed E-state index contributed by atoms with van der Waals surface area (Å²) in [5.41, 5.74) is -1.27. The largest absolute Gasteiger partial charge is 0.455 e. The lowest BCUT2D eigenvalue weighted by atomic mass is 9.57. The molecule has 2 bridgehead atoms. The average Bonchev–Trinajstić information content (AvgIpc) is 3.16. The van der Waals surface area contributed by atoms with Crippen LogP contribution in [0.4, 0.5) is 0 Å². The van der Waals surface area contributed by atoms with Gasteiger partial charge in [-0.25, -0.2) is 0 Å². The zero-order valence-electron chi connectivity index (χ0n) is 22.3. The molecule has 0 N–H and O–H groups in total. The van der Waals surface area contributed by atoms with Crippen LogP contribution in [0.15, 0.2) is 28.5 Å². The second kappa shape index (κ2) is 7.59. The highest BCUT2D eigenvalue weighted by Gasteiger charge is 2.79. The first kappa shape index (κ1) is 24.5. The summed E-state index contributed by atoms with van der Waals surface area (Å²) in [4.78, 5) is 41.5. The lowest BCUT2D eigenvalue weighted by Gasteiger charge is -2.51. The summed E-state index contributed by atoms with van der Waals surface area (Å²) >= 11 is 0. The van der Waals surface area contributed by atoms with Crippen LogP contribution in [0.3, 0.4) is 0 Å². The van der Waals surface area contributed by atoms with Gasteiger partial charge in [0.2, 0.25) is 0 Å². The number of carbonyl (C=O) groups is 2. The number of ether oxygens (including phenoxy) is 3. The Balaban J connectivity index is 1.55. The number of hydrogen-bond acceptors (Lipinski definition) is 7. The number of fused-ring (bicyclic) bond motifs is 5. The lowest BCUT2D eigenvalue weighted by Crippen LogP contribution is -2.67. The van der Waals surface area contributed by atoms with Crippen molar-refractivity contribution >= 4 is 11.8 Å². The van der Waals surface area contributed by atoms with Crippen LogP contribution in [0.5, 0.6) is 0 Å². The molecule has 1 aliphatic heterocycles. The SMILES string of the molecule is CC1=CC23C(=O)C(C=C4COC(C)(C)OC4C2(N=O)C1OC(=O)C1CCCC1)C1C(C[C@H]3C)C1(C)C. The molecule has 1 heterocycles. The van der Waals surface area contributed by atoms with Gasteiger partial charge in [-0.2, -0.15) is 0 Å². The fraction of sp³-hybridized carbons (Fsp3) is 0.793. The van der Waals surface area contributed by atoms with Crippen LogP contribution < -0.4 is 0 Å². The first-order chi connectivity index (χ1) is 16.9. The number of allylic oxidation sites excluding steroid dienone is 1. The Morgan fingerprint density at radius 2 is 1.86 bits per heavy atom. The molecule has 1 saturated heterocycles. The van der Waals surface area contributed by atoms with Gasteiger partial charge in [-0.05, 0) is 74.3 Å². The van der Waals surface area contributed by atoms with Crippen LogP contribution in [0.1, 0.15) is 73.6 Å². The minimum Gasteiger partial charge on any atom is -0.455 e. The smallest absolute Gasteiger partial charge is 0.309 e. The van der Waals surface area contributed by atoms with Crippen LogP contribution in [0.2, 0.25) is 0 Å². The molecule has 4 fully saturated rings. The summed E-state index contributed by atoms with van der Waals surface area (Å²) in [6, 6.07) is 0. The Bertz CT molecular complexity index is 1080. The van der Waals surface area contributed by atoms with Crippen molar-refractivity contribution in [2.45, 2.75) is 97.2 Å². The Hall–Kier alpha value is -1.86. The maximum absolute atomic E-state index is 14.8. The molecule has 5 aliphatic carbocycles. The van der Waals surface area contributed by atoms with E-state index in [2.05, 4.69) is 25.9 Å². The number of carbonyl (C=O) groups excluding carboxylic acids is 2. The van der Waals surface area contributed by atoms with Gasteiger partial charge in [-0.3, -0.25) is 9.59 Å². The van der Waals surface area contributed by atoms with E-state index in [4.69, 9.17) is 14.2 Å². The number of Topliss-reactive ketones (excluding diaryl/α,β-unsaturated/α-hetero) is 1. The van der Waals surface area contributed by atoms with E-state index in [9.17, 15) is 14.5 Å². The number of nitrogens with zero attached hydrogens (tertiary/aromatic N) is 1. The van der Waals surface area contributed by atoms with Crippen molar-refractivity contribution in [1.82, 2.24) is 0 Å². The standard InChI is InChI=1S/C29H39NO6/c1-15-13-28-16(2)11-20-21(26(20,3)4)19(22(28)31)12-18-14-34-27(5,6)36-24(18)29(28,30-33)23(15)35-25(32)17-9-7-8-10-17/h12-13,16-17,19-21,23-24H,7-11,14H2,1-6H3/t16-,19?,20?,21?,23?,24?,28?,29?/m1/s1. The van der Waals surface area contributed by atoms with Crippen LogP contribution in [-0.4, -0.2) is 41.9 Å². The van der Waals surface area contributed by atoms with E-state index in [0.29, 0.717) is 5.92 Å². The monoisotopic (exact) mass is 497 g/mol. The van der Waals surface area contributed by atoms with Crippen molar-refractivity contribution in [3.05, 3.63) is 28.2 Å². The summed E-state index contributed by atoms with van der Waals surface area (Å²) in [5.74, 6) is -1.34. The van der Waals surface area contributed by atoms with Gasteiger partial charge in [-0.15, -0.1) is 4.91 Å². The molecule has 7 heteroatoms. The molecule has 0 aromatic heterocycles. The van der Waals surface area contributed by atoms with Gasteiger partial charge >= 0.3 is 5.97 Å². The molecule has 3 saturated carbocycles. The second-order valence-corrected chi connectivity index (χ2v) is 13.4. The minimum absolute atomic E-state index is 0.0229. The molecule has 1 spiro atoms. The lowest BCUT2D eigenvalue weighted by molar-refractivity contribution is -0.273. The first-order valence-corrected chi connectivity index (χ1v) is 13.7. The van der Waals surface area contributed by atoms with Crippen LogP contribution >= 0.6 is 0 Å². The number of esters is 1. The normalized spacial score (nSPS) is 46.3. The van der Waals surface area contributed by atoms with Crippen LogP contribution in [-0.2, 0) is 23.8 Å². The number of ketones is 1. The maximum atomic E-state index is 14.8. The molecular weight excluding hydrogens is 458 g/mol. The van der Waals surface area contributed by atoms with Crippen molar-refractivity contribution in [3.63, 3.8) is 0 Å². The summed E-state index contributed by atoms with van der Waals surface area (Å²) < 4.78 is 18.8. The molecule has 6 aliphatic rings. The third kappa shape index (κ3) is 2.93. The van der Waals surface area contributed by atoms with E-state index in [0.717, 1.165) is 43.3 Å². The van der Waals surface area contributed by atoms with E-state index in [1.807, 2.05) is 32.9 Å². The van der Waals surface area contributed by atoms with Crippen molar-refractivity contribution < 1.29 is 23.8 Å². The Kier molecular flexibility index (Phi) is 5.16. The molecule has 7 unspecified atom stereocenters. The molecular formula is C29H39NO6. The predicted molar refractivity (Wildman–Crippen MR) is 133 cm³/mol. The van der Waals surface area contributed by atoms with Crippen LogP contribution in [0, 0.1) is 45.3 Å². The number of hydrogen-bond donors (Lipinski definition) is 0. The third-order valence-electron chi connectivity index (χ3n) is 10.7. The van der Waals surface area contributed by atoms with E-state index < -0.39 is 28.9 Å². The highest BCUT2D eigenvalue weighted by Crippen LogP contribution is 2.72. The average molecular weight is 498 g/mol. The number of rotatable bonds is 3. The zero-order chi connectivity index (χ0) is 25.8.